The highest BCUT2D eigenvalue weighted by Crippen LogP contribution is 2.34. The molecule has 1 amide bonds. The largest absolute Gasteiger partial charge is 0.492 e. The van der Waals surface area contributed by atoms with E-state index in [-0.39, 0.29) is 35.5 Å². The lowest BCUT2D eigenvalue weighted by atomic mass is 9.82. The number of likely N-dealkylation sites (N-methyl/N-ethyl adjacent to an activating group) is 1. The van der Waals surface area contributed by atoms with Crippen LogP contribution in [0.2, 0.25) is 0 Å². The second-order valence-electron chi connectivity index (χ2n) is 8.50. The van der Waals surface area contributed by atoms with Gasteiger partial charge in [0.2, 0.25) is 10.0 Å². The standard InChI is InChI=1S/C20H32N4O4S/c1-20(2,3)15-8-6-7-9-17(15)28-11-10-23(4)19(25)18(22)14-12-24(13-16(14)21)29(5,26)27/h8-9,22H,6-7,10-13,21H2,1-5H3. The van der Waals surface area contributed by atoms with Gasteiger partial charge in [-0.1, -0.05) is 26.8 Å². The van der Waals surface area contributed by atoms with E-state index in [2.05, 4.69) is 32.9 Å². The highest BCUT2D eigenvalue weighted by atomic mass is 32.2. The molecule has 0 saturated heterocycles. The van der Waals surface area contributed by atoms with Crippen LogP contribution in [-0.4, -0.2) is 68.8 Å². The van der Waals surface area contributed by atoms with Crippen LogP contribution >= 0.6 is 0 Å². The summed E-state index contributed by atoms with van der Waals surface area (Å²) in [5, 5.41) is 8.18. The van der Waals surface area contributed by atoms with Gasteiger partial charge < -0.3 is 15.4 Å². The van der Waals surface area contributed by atoms with Crippen molar-refractivity contribution in [1.82, 2.24) is 9.21 Å². The van der Waals surface area contributed by atoms with Crippen LogP contribution in [0.25, 0.3) is 0 Å². The number of nitrogens with zero attached hydrogens (tertiary/aromatic N) is 2. The molecule has 8 nitrogen and oxygen atoms in total. The highest BCUT2D eigenvalue weighted by Gasteiger charge is 2.32. The lowest BCUT2D eigenvalue weighted by molar-refractivity contribution is -0.123. The van der Waals surface area contributed by atoms with Gasteiger partial charge in [-0.15, -0.1) is 0 Å². The molecule has 0 radical (unpaired) electrons. The van der Waals surface area contributed by atoms with E-state index in [0.29, 0.717) is 13.2 Å². The first-order valence-corrected chi connectivity index (χ1v) is 11.5. The third-order valence-electron chi connectivity index (χ3n) is 5.00. The highest BCUT2D eigenvalue weighted by molar-refractivity contribution is 7.88. The van der Waals surface area contributed by atoms with Gasteiger partial charge in [-0.2, -0.15) is 4.31 Å². The Bertz CT molecular complexity index is 879. The van der Waals surface area contributed by atoms with Crippen LogP contribution in [0, 0.1) is 10.8 Å². The van der Waals surface area contributed by atoms with Crippen molar-refractivity contribution in [2.75, 3.05) is 39.5 Å². The fourth-order valence-electron chi connectivity index (χ4n) is 3.27. The number of carbonyl (C=O) groups is 1. The van der Waals surface area contributed by atoms with E-state index in [1.54, 1.807) is 7.05 Å². The number of hydrogen-bond donors (Lipinski definition) is 2. The van der Waals surface area contributed by atoms with E-state index in [0.717, 1.165) is 34.7 Å². The maximum absolute atomic E-state index is 12.6. The Morgan fingerprint density at radius 3 is 2.45 bits per heavy atom. The van der Waals surface area contributed by atoms with E-state index in [9.17, 15) is 13.2 Å². The number of sulfonamides is 1. The first-order valence-electron chi connectivity index (χ1n) is 9.63. The van der Waals surface area contributed by atoms with Gasteiger partial charge in [0.1, 0.15) is 18.1 Å². The lowest BCUT2D eigenvalue weighted by Gasteiger charge is -2.28. The number of rotatable bonds is 7. The summed E-state index contributed by atoms with van der Waals surface area (Å²) in [5.41, 5.74) is 7.26. The van der Waals surface area contributed by atoms with Gasteiger partial charge in [0.25, 0.3) is 5.91 Å². The quantitative estimate of drug-likeness (QED) is 0.602. The number of allylic oxidation sites excluding steroid dienone is 3. The molecule has 2 rings (SSSR count). The summed E-state index contributed by atoms with van der Waals surface area (Å²) in [6.45, 7) is 6.98. The Kier molecular flexibility index (Phi) is 6.95. The number of hydrogen-bond acceptors (Lipinski definition) is 6. The molecule has 3 N–H and O–H groups in total. The zero-order valence-electron chi connectivity index (χ0n) is 17.9. The molecule has 0 aromatic rings. The van der Waals surface area contributed by atoms with Crippen LogP contribution < -0.4 is 5.73 Å². The average Bonchev–Trinajstić information content (AvgIpc) is 3.02. The third kappa shape index (κ3) is 5.70. The van der Waals surface area contributed by atoms with Crippen molar-refractivity contribution >= 4 is 21.6 Å². The maximum Gasteiger partial charge on any atom is 0.271 e. The normalized spacial score (nSPS) is 18.4. The molecule has 1 aliphatic carbocycles. The number of nitrogens with two attached hydrogens (primary N) is 1. The summed E-state index contributed by atoms with van der Waals surface area (Å²) >= 11 is 0. The van der Waals surface area contributed by atoms with E-state index in [1.807, 2.05) is 0 Å². The monoisotopic (exact) mass is 424 g/mol. The Balaban J connectivity index is 1.93. The summed E-state index contributed by atoms with van der Waals surface area (Å²) in [6, 6.07) is 0. The van der Waals surface area contributed by atoms with Crippen LogP contribution in [0.4, 0.5) is 0 Å². The van der Waals surface area contributed by atoms with Gasteiger partial charge in [-0.05, 0) is 29.9 Å². The molecule has 0 spiro atoms. The molecule has 0 atom stereocenters. The minimum absolute atomic E-state index is 0.00667. The predicted molar refractivity (Wildman–Crippen MR) is 114 cm³/mol. The van der Waals surface area contributed by atoms with Crippen molar-refractivity contribution < 1.29 is 17.9 Å². The van der Waals surface area contributed by atoms with Crippen molar-refractivity contribution in [3.8, 4) is 0 Å². The van der Waals surface area contributed by atoms with Gasteiger partial charge in [-0.25, -0.2) is 8.42 Å². The van der Waals surface area contributed by atoms with E-state index in [4.69, 9.17) is 15.9 Å². The third-order valence-corrected chi connectivity index (χ3v) is 6.20. The van der Waals surface area contributed by atoms with Crippen molar-refractivity contribution in [2.24, 2.45) is 11.1 Å². The Hall–Kier alpha value is -2.13. The van der Waals surface area contributed by atoms with Crippen LogP contribution in [0.15, 0.2) is 34.8 Å². The Labute approximate surface area is 173 Å². The summed E-state index contributed by atoms with van der Waals surface area (Å²) < 4.78 is 30.5. The van der Waals surface area contributed by atoms with E-state index >= 15 is 0 Å². The Morgan fingerprint density at radius 1 is 1.28 bits per heavy atom. The molecule has 0 unspecified atom stereocenters. The molecule has 0 aromatic carbocycles. The van der Waals surface area contributed by atoms with Gasteiger partial charge in [-0.3, -0.25) is 10.2 Å². The van der Waals surface area contributed by atoms with Crippen molar-refractivity contribution in [3.05, 3.63) is 34.8 Å². The SMILES string of the molecule is CN(CCOC1=CCCC=C1C(C)(C)C)C(=O)C(=N)C1=C(N)CN(S(C)(=O)=O)C1. The summed E-state index contributed by atoms with van der Waals surface area (Å²) in [6.07, 6.45) is 7.28. The molecule has 0 saturated carbocycles. The van der Waals surface area contributed by atoms with Crippen molar-refractivity contribution in [3.63, 3.8) is 0 Å². The molecule has 2 aliphatic rings. The number of ether oxygens (including phenoxy) is 1. The number of nitrogens with one attached hydrogen (secondary N) is 1. The molecule has 0 fully saturated rings. The van der Waals surface area contributed by atoms with Crippen LogP contribution in [0.3, 0.4) is 0 Å². The summed E-state index contributed by atoms with van der Waals surface area (Å²) in [4.78, 5) is 14.0. The van der Waals surface area contributed by atoms with Gasteiger partial charge in [0, 0.05) is 24.9 Å². The van der Waals surface area contributed by atoms with Gasteiger partial charge in [0.05, 0.1) is 19.3 Å². The zero-order valence-corrected chi connectivity index (χ0v) is 18.7. The van der Waals surface area contributed by atoms with Crippen molar-refractivity contribution in [1.29, 1.82) is 5.41 Å². The van der Waals surface area contributed by atoms with Crippen LogP contribution in [0.1, 0.15) is 33.6 Å². The minimum atomic E-state index is -3.43. The second kappa shape index (κ2) is 8.71. The fourth-order valence-corrected chi connectivity index (χ4v) is 4.01. The van der Waals surface area contributed by atoms with Gasteiger partial charge >= 0.3 is 0 Å². The molecular formula is C20H32N4O4S. The molecular weight excluding hydrogens is 392 g/mol. The fraction of sp³-hybridized carbons (Fsp3) is 0.600. The first-order chi connectivity index (χ1) is 13.3. The zero-order chi connectivity index (χ0) is 22.0. The second-order valence-corrected chi connectivity index (χ2v) is 10.5. The molecule has 162 valence electrons. The molecule has 9 heteroatoms. The maximum atomic E-state index is 12.6. The molecule has 0 bridgehead atoms. The van der Waals surface area contributed by atoms with Crippen LogP contribution in [-0.2, 0) is 19.6 Å². The van der Waals surface area contributed by atoms with Gasteiger partial charge in [0.15, 0.2) is 0 Å². The molecule has 29 heavy (non-hydrogen) atoms. The molecule has 1 aliphatic heterocycles. The smallest absolute Gasteiger partial charge is 0.271 e. The predicted octanol–water partition coefficient (Wildman–Crippen LogP) is 1.62. The Morgan fingerprint density at radius 2 is 1.90 bits per heavy atom. The van der Waals surface area contributed by atoms with E-state index in [1.165, 1.54) is 4.90 Å². The van der Waals surface area contributed by atoms with E-state index < -0.39 is 15.9 Å². The minimum Gasteiger partial charge on any atom is -0.492 e. The topological polar surface area (TPSA) is 117 Å². The lowest BCUT2D eigenvalue weighted by Crippen LogP contribution is -2.37. The summed E-state index contributed by atoms with van der Waals surface area (Å²) in [7, 11) is -1.84. The molecule has 0 aromatic heterocycles. The average molecular weight is 425 g/mol. The molecule has 1 heterocycles. The first kappa shape index (κ1) is 23.2. The summed E-state index contributed by atoms with van der Waals surface area (Å²) in [5.74, 6) is 0.345. The number of carbonyl (C=O) groups excluding carboxylic acids is 1. The van der Waals surface area contributed by atoms with Crippen molar-refractivity contribution in [2.45, 2.75) is 33.6 Å². The number of amides is 1. The van der Waals surface area contributed by atoms with Crippen LogP contribution in [0.5, 0.6) is 0 Å².